The second kappa shape index (κ2) is 8.35. The van der Waals surface area contributed by atoms with Crippen LogP contribution >= 0.6 is 0 Å². The number of carbonyl (C=O) groups is 1. The van der Waals surface area contributed by atoms with Gasteiger partial charge in [0.15, 0.2) is 17.5 Å². The molecule has 0 unspecified atom stereocenters. The average Bonchev–Trinajstić information content (AvgIpc) is 3.19. The number of hydrogen-bond acceptors (Lipinski definition) is 3. The number of nitrogens with zero attached hydrogens (tertiary/aromatic N) is 2. The fourth-order valence-electron chi connectivity index (χ4n) is 3.76. The van der Waals surface area contributed by atoms with Gasteiger partial charge >= 0.3 is 0 Å². The summed E-state index contributed by atoms with van der Waals surface area (Å²) in [5.41, 5.74) is 2.02. The SMILES string of the molecule is O=C(CCc1c[nH]c2ccccc12)N1CCN(S(=O)(=O)c2ccc(F)c(F)c2F)CC1. The van der Waals surface area contributed by atoms with Crippen LogP contribution in [0.4, 0.5) is 13.2 Å². The predicted molar refractivity (Wildman–Crippen MR) is 108 cm³/mol. The molecule has 2 heterocycles. The number of carbonyl (C=O) groups excluding carboxylic acids is 1. The summed E-state index contributed by atoms with van der Waals surface area (Å²) >= 11 is 0. The molecule has 1 aromatic heterocycles. The van der Waals surface area contributed by atoms with Crippen LogP contribution in [-0.2, 0) is 21.2 Å². The molecule has 0 bridgehead atoms. The third kappa shape index (κ3) is 4.05. The van der Waals surface area contributed by atoms with E-state index in [1.165, 1.54) is 0 Å². The van der Waals surface area contributed by atoms with Gasteiger partial charge in [-0.2, -0.15) is 4.31 Å². The Morgan fingerprint density at radius 2 is 1.68 bits per heavy atom. The minimum absolute atomic E-state index is 0.0560. The number of aromatic nitrogens is 1. The van der Waals surface area contributed by atoms with Crippen LogP contribution in [0.25, 0.3) is 10.9 Å². The predicted octanol–water partition coefficient (Wildman–Crippen LogP) is 3.05. The standard InChI is InChI=1S/C21H20F3N3O3S/c22-16-6-7-18(21(24)20(16)23)31(29,30)27-11-9-26(10-12-27)19(28)8-5-14-13-25-17-4-2-1-3-15(14)17/h1-4,6-7,13,25H,5,8-12H2. The monoisotopic (exact) mass is 451 g/mol. The van der Waals surface area contributed by atoms with Gasteiger partial charge in [0.1, 0.15) is 4.90 Å². The third-order valence-electron chi connectivity index (χ3n) is 5.49. The van der Waals surface area contributed by atoms with E-state index in [1.807, 2.05) is 30.5 Å². The summed E-state index contributed by atoms with van der Waals surface area (Å²) in [6.07, 6.45) is 2.69. The maximum absolute atomic E-state index is 14.0. The summed E-state index contributed by atoms with van der Waals surface area (Å²) in [6, 6.07) is 9.07. The van der Waals surface area contributed by atoms with Crippen molar-refractivity contribution in [2.45, 2.75) is 17.7 Å². The third-order valence-corrected chi connectivity index (χ3v) is 7.41. The normalized spacial score (nSPS) is 15.5. The van der Waals surface area contributed by atoms with E-state index in [2.05, 4.69) is 4.98 Å². The Bertz CT molecular complexity index is 1240. The molecule has 4 rings (SSSR count). The van der Waals surface area contributed by atoms with E-state index in [9.17, 15) is 26.4 Å². The molecule has 0 spiro atoms. The Balaban J connectivity index is 1.38. The topological polar surface area (TPSA) is 73.5 Å². The van der Waals surface area contributed by atoms with Crippen molar-refractivity contribution in [3.63, 3.8) is 0 Å². The van der Waals surface area contributed by atoms with Crippen molar-refractivity contribution < 1.29 is 26.4 Å². The second-order valence-corrected chi connectivity index (χ2v) is 9.22. The van der Waals surface area contributed by atoms with Crippen LogP contribution in [0, 0.1) is 17.5 Å². The molecule has 1 N–H and O–H groups in total. The summed E-state index contributed by atoms with van der Waals surface area (Å²) in [6.45, 7) is 0.160. The lowest BCUT2D eigenvalue weighted by Crippen LogP contribution is -2.50. The Hall–Kier alpha value is -2.85. The smallest absolute Gasteiger partial charge is 0.246 e. The number of rotatable bonds is 5. The lowest BCUT2D eigenvalue weighted by Gasteiger charge is -2.34. The van der Waals surface area contributed by atoms with Crippen molar-refractivity contribution in [2.75, 3.05) is 26.2 Å². The number of H-pyrrole nitrogens is 1. The molecule has 3 aromatic rings. The van der Waals surface area contributed by atoms with E-state index in [0.717, 1.165) is 20.8 Å². The van der Waals surface area contributed by atoms with Gasteiger partial charge in [0, 0.05) is 49.7 Å². The number of nitrogens with one attached hydrogen (secondary N) is 1. The van der Waals surface area contributed by atoms with Crippen molar-refractivity contribution in [1.82, 2.24) is 14.2 Å². The molecule has 0 radical (unpaired) electrons. The zero-order valence-electron chi connectivity index (χ0n) is 16.4. The Morgan fingerprint density at radius 1 is 0.968 bits per heavy atom. The molecule has 0 aliphatic carbocycles. The lowest BCUT2D eigenvalue weighted by molar-refractivity contribution is -0.132. The minimum atomic E-state index is -4.34. The zero-order valence-corrected chi connectivity index (χ0v) is 17.3. The summed E-state index contributed by atoms with van der Waals surface area (Å²) in [5, 5.41) is 1.06. The first-order chi connectivity index (χ1) is 14.8. The first-order valence-corrected chi connectivity index (χ1v) is 11.2. The number of hydrogen-bond donors (Lipinski definition) is 1. The molecule has 2 aromatic carbocycles. The number of sulfonamides is 1. The number of piperazine rings is 1. The number of halogens is 3. The molecule has 6 nitrogen and oxygen atoms in total. The van der Waals surface area contributed by atoms with Gasteiger partial charge in [0.25, 0.3) is 0 Å². The highest BCUT2D eigenvalue weighted by atomic mass is 32.2. The first kappa shape index (κ1) is 21.4. The lowest BCUT2D eigenvalue weighted by atomic mass is 10.1. The average molecular weight is 451 g/mol. The number of aryl methyl sites for hydroxylation is 1. The van der Waals surface area contributed by atoms with Crippen LogP contribution in [-0.4, -0.2) is 54.7 Å². The van der Waals surface area contributed by atoms with Gasteiger partial charge in [-0.05, 0) is 30.2 Å². The maximum atomic E-state index is 14.0. The summed E-state index contributed by atoms with van der Waals surface area (Å²) < 4.78 is 66.8. The summed E-state index contributed by atoms with van der Waals surface area (Å²) in [5.74, 6) is -5.13. The largest absolute Gasteiger partial charge is 0.361 e. The fourth-order valence-corrected chi connectivity index (χ4v) is 5.24. The van der Waals surface area contributed by atoms with Crippen LogP contribution < -0.4 is 0 Å². The van der Waals surface area contributed by atoms with Crippen molar-refractivity contribution in [3.05, 3.63) is 65.6 Å². The van der Waals surface area contributed by atoms with Gasteiger partial charge in [-0.15, -0.1) is 0 Å². The van der Waals surface area contributed by atoms with E-state index in [0.29, 0.717) is 18.6 Å². The van der Waals surface area contributed by atoms with Gasteiger partial charge in [-0.1, -0.05) is 18.2 Å². The molecule has 1 aliphatic rings. The molecule has 31 heavy (non-hydrogen) atoms. The van der Waals surface area contributed by atoms with Crippen LogP contribution in [0.15, 0.2) is 47.5 Å². The number of amides is 1. The van der Waals surface area contributed by atoms with Gasteiger partial charge in [0.05, 0.1) is 0 Å². The van der Waals surface area contributed by atoms with Crippen molar-refractivity contribution in [2.24, 2.45) is 0 Å². The van der Waals surface area contributed by atoms with Gasteiger partial charge in [0.2, 0.25) is 15.9 Å². The number of benzene rings is 2. The quantitative estimate of drug-likeness (QED) is 0.606. The van der Waals surface area contributed by atoms with Crippen molar-refractivity contribution in [3.8, 4) is 0 Å². The highest BCUT2D eigenvalue weighted by Gasteiger charge is 2.33. The maximum Gasteiger partial charge on any atom is 0.246 e. The highest BCUT2D eigenvalue weighted by molar-refractivity contribution is 7.89. The number of aromatic amines is 1. The molecule has 1 amide bonds. The van der Waals surface area contributed by atoms with Crippen LogP contribution in [0.2, 0.25) is 0 Å². The molecule has 0 saturated carbocycles. The number of fused-ring (bicyclic) bond motifs is 1. The fraction of sp³-hybridized carbons (Fsp3) is 0.286. The zero-order chi connectivity index (χ0) is 22.2. The second-order valence-electron chi connectivity index (χ2n) is 7.32. The molecule has 1 aliphatic heterocycles. The Labute approximate surface area is 177 Å². The number of para-hydroxylation sites is 1. The van der Waals surface area contributed by atoms with Gasteiger partial charge in [-0.3, -0.25) is 4.79 Å². The Kier molecular flexibility index (Phi) is 5.76. The van der Waals surface area contributed by atoms with E-state index >= 15 is 0 Å². The summed E-state index contributed by atoms with van der Waals surface area (Å²) in [7, 11) is -4.34. The van der Waals surface area contributed by atoms with E-state index < -0.39 is 32.4 Å². The first-order valence-electron chi connectivity index (χ1n) is 9.75. The molecule has 164 valence electrons. The van der Waals surface area contributed by atoms with Crippen molar-refractivity contribution in [1.29, 1.82) is 0 Å². The van der Waals surface area contributed by atoms with Gasteiger partial charge in [-0.25, -0.2) is 21.6 Å². The van der Waals surface area contributed by atoms with Crippen molar-refractivity contribution >= 4 is 26.8 Å². The highest BCUT2D eigenvalue weighted by Crippen LogP contribution is 2.24. The molecular weight excluding hydrogens is 431 g/mol. The van der Waals surface area contributed by atoms with E-state index in [4.69, 9.17) is 0 Å². The van der Waals surface area contributed by atoms with E-state index in [1.54, 1.807) is 4.90 Å². The van der Waals surface area contributed by atoms with Gasteiger partial charge < -0.3 is 9.88 Å². The molecule has 10 heteroatoms. The summed E-state index contributed by atoms with van der Waals surface area (Å²) in [4.78, 5) is 16.4. The van der Waals surface area contributed by atoms with E-state index in [-0.39, 0.29) is 38.5 Å². The molecule has 1 saturated heterocycles. The molecular formula is C21H20F3N3O3S. The minimum Gasteiger partial charge on any atom is -0.361 e. The van der Waals surface area contributed by atoms with Crippen LogP contribution in [0.5, 0.6) is 0 Å². The van der Waals surface area contributed by atoms with Crippen LogP contribution in [0.1, 0.15) is 12.0 Å². The Morgan fingerprint density at radius 3 is 2.42 bits per heavy atom. The molecule has 0 atom stereocenters. The van der Waals surface area contributed by atoms with Crippen LogP contribution in [0.3, 0.4) is 0 Å². The molecule has 1 fully saturated rings.